The maximum atomic E-state index is 12.9. The van der Waals surface area contributed by atoms with Crippen LogP contribution in [0.4, 0.5) is 0 Å². The van der Waals surface area contributed by atoms with Crippen LogP contribution in [0, 0.1) is 0 Å². The standard InChI is InChI=1S/C26H35N5O5/c1-28-21-17-18(7-8-19(21)31(26(28)35)20-9-10-23(32)27-24(20)33)5-4-11-29-12-14-30(15-13-29)25(34)22-6-2-3-16-36-22/h7-8,17,20,22H,2-6,9-16H2,1H3,(H,27,32,33). The van der Waals surface area contributed by atoms with Gasteiger partial charge in [0.05, 0.1) is 11.0 Å². The molecule has 194 valence electrons. The molecule has 1 aromatic heterocycles. The number of fused-ring (bicyclic) bond motifs is 1. The fraction of sp³-hybridized carbons (Fsp3) is 0.615. The summed E-state index contributed by atoms with van der Waals surface area (Å²) >= 11 is 0. The molecule has 3 fully saturated rings. The Kier molecular flexibility index (Phi) is 7.25. The first-order valence-electron chi connectivity index (χ1n) is 13.1. The van der Waals surface area contributed by atoms with Crippen molar-refractivity contribution in [2.45, 2.75) is 57.1 Å². The summed E-state index contributed by atoms with van der Waals surface area (Å²) < 4.78 is 8.76. The molecule has 2 atom stereocenters. The van der Waals surface area contributed by atoms with Crippen LogP contribution in [0.15, 0.2) is 23.0 Å². The molecular formula is C26H35N5O5. The van der Waals surface area contributed by atoms with Crippen molar-refractivity contribution in [3.8, 4) is 0 Å². The molecule has 5 rings (SSSR count). The van der Waals surface area contributed by atoms with Crippen LogP contribution in [-0.2, 0) is 32.6 Å². The second-order valence-corrected chi connectivity index (χ2v) is 10.1. The molecule has 3 amide bonds. The van der Waals surface area contributed by atoms with Crippen molar-refractivity contribution < 1.29 is 19.1 Å². The number of aryl methyl sites for hydroxylation is 2. The molecular weight excluding hydrogens is 462 g/mol. The number of imidazole rings is 1. The predicted octanol–water partition coefficient (Wildman–Crippen LogP) is 0.964. The second kappa shape index (κ2) is 10.6. The van der Waals surface area contributed by atoms with Crippen molar-refractivity contribution in [3.05, 3.63) is 34.2 Å². The molecule has 1 N–H and O–H groups in total. The zero-order chi connectivity index (χ0) is 25.2. The van der Waals surface area contributed by atoms with Gasteiger partial charge in [0.15, 0.2) is 0 Å². The second-order valence-electron chi connectivity index (χ2n) is 10.1. The first-order valence-corrected chi connectivity index (χ1v) is 13.1. The number of nitrogens with zero attached hydrogens (tertiary/aromatic N) is 4. The molecule has 2 aromatic rings. The van der Waals surface area contributed by atoms with Crippen LogP contribution in [0.25, 0.3) is 11.0 Å². The largest absolute Gasteiger partial charge is 0.368 e. The van der Waals surface area contributed by atoms with Gasteiger partial charge in [-0.05, 0) is 62.8 Å². The van der Waals surface area contributed by atoms with E-state index in [0.717, 1.165) is 75.9 Å². The number of aromatic nitrogens is 2. The van der Waals surface area contributed by atoms with Gasteiger partial charge in [0, 0.05) is 46.3 Å². The monoisotopic (exact) mass is 497 g/mol. The van der Waals surface area contributed by atoms with E-state index in [2.05, 4.69) is 10.2 Å². The summed E-state index contributed by atoms with van der Waals surface area (Å²) in [5.74, 6) is -0.562. The van der Waals surface area contributed by atoms with E-state index in [1.54, 1.807) is 11.6 Å². The normalized spacial score (nSPS) is 23.8. The number of rotatable bonds is 6. The number of ether oxygens (including phenoxy) is 1. The highest BCUT2D eigenvalue weighted by atomic mass is 16.5. The number of hydrogen-bond acceptors (Lipinski definition) is 6. The number of carbonyl (C=O) groups is 3. The molecule has 3 aliphatic heterocycles. The first kappa shape index (κ1) is 24.7. The Bertz CT molecular complexity index is 1200. The fourth-order valence-electron chi connectivity index (χ4n) is 5.63. The van der Waals surface area contributed by atoms with E-state index in [9.17, 15) is 19.2 Å². The van der Waals surface area contributed by atoms with Crippen molar-refractivity contribution in [1.82, 2.24) is 24.3 Å². The maximum Gasteiger partial charge on any atom is 0.329 e. The number of benzene rings is 1. The first-order chi connectivity index (χ1) is 17.4. The Morgan fingerprint density at radius 1 is 1.06 bits per heavy atom. The Morgan fingerprint density at radius 3 is 2.58 bits per heavy atom. The molecule has 10 nitrogen and oxygen atoms in total. The van der Waals surface area contributed by atoms with Gasteiger partial charge in [-0.1, -0.05) is 6.07 Å². The summed E-state index contributed by atoms with van der Waals surface area (Å²) in [5, 5.41) is 2.35. The number of amides is 3. The molecule has 3 aliphatic rings. The van der Waals surface area contributed by atoms with Gasteiger partial charge in [-0.15, -0.1) is 0 Å². The average molecular weight is 498 g/mol. The molecule has 2 unspecified atom stereocenters. The van der Waals surface area contributed by atoms with Gasteiger partial charge in [-0.25, -0.2) is 4.79 Å². The number of piperidine rings is 1. The van der Waals surface area contributed by atoms with Crippen LogP contribution in [0.5, 0.6) is 0 Å². The van der Waals surface area contributed by atoms with Crippen LogP contribution < -0.4 is 11.0 Å². The zero-order valence-corrected chi connectivity index (χ0v) is 20.9. The molecule has 10 heteroatoms. The summed E-state index contributed by atoms with van der Waals surface area (Å²) in [6, 6.07) is 5.29. The number of imide groups is 1. The van der Waals surface area contributed by atoms with E-state index >= 15 is 0 Å². The van der Waals surface area contributed by atoms with Crippen LogP contribution in [0.3, 0.4) is 0 Å². The number of piperazine rings is 1. The molecule has 36 heavy (non-hydrogen) atoms. The average Bonchev–Trinajstić information content (AvgIpc) is 3.14. The molecule has 0 saturated carbocycles. The van der Waals surface area contributed by atoms with E-state index in [1.807, 2.05) is 23.1 Å². The predicted molar refractivity (Wildman–Crippen MR) is 134 cm³/mol. The lowest BCUT2D eigenvalue weighted by molar-refractivity contribution is -0.148. The van der Waals surface area contributed by atoms with Crippen molar-refractivity contribution in [3.63, 3.8) is 0 Å². The minimum Gasteiger partial charge on any atom is -0.368 e. The number of carbonyl (C=O) groups excluding carboxylic acids is 3. The third-order valence-corrected chi connectivity index (χ3v) is 7.75. The van der Waals surface area contributed by atoms with Gasteiger partial charge < -0.3 is 9.64 Å². The van der Waals surface area contributed by atoms with E-state index in [4.69, 9.17) is 4.74 Å². The Morgan fingerprint density at radius 2 is 1.86 bits per heavy atom. The lowest BCUT2D eigenvalue weighted by Gasteiger charge is -2.37. The van der Waals surface area contributed by atoms with Gasteiger partial charge in [0.2, 0.25) is 11.8 Å². The molecule has 0 bridgehead atoms. The Hall–Kier alpha value is -2.98. The lowest BCUT2D eigenvalue weighted by atomic mass is 10.0. The van der Waals surface area contributed by atoms with Crippen LogP contribution >= 0.6 is 0 Å². The molecule has 0 spiro atoms. The zero-order valence-electron chi connectivity index (χ0n) is 20.9. The van der Waals surface area contributed by atoms with Gasteiger partial charge in [-0.2, -0.15) is 0 Å². The molecule has 0 radical (unpaired) electrons. The van der Waals surface area contributed by atoms with Crippen LogP contribution in [0.1, 0.15) is 50.1 Å². The van der Waals surface area contributed by atoms with Crippen LogP contribution in [-0.4, -0.2) is 82.1 Å². The molecule has 3 saturated heterocycles. The van der Waals surface area contributed by atoms with Crippen molar-refractivity contribution in [2.24, 2.45) is 7.05 Å². The smallest absolute Gasteiger partial charge is 0.329 e. The summed E-state index contributed by atoms with van der Waals surface area (Å²) in [7, 11) is 1.72. The van der Waals surface area contributed by atoms with Gasteiger partial charge in [-0.3, -0.25) is 33.7 Å². The van der Waals surface area contributed by atoms with Crippen molar-refractivity contribution in [2.75, 3.05) is 39.3 Å². The summed E-state index contributed by atoms with van der Waals surface area (Å²) in [4.78, 5) is 53.9. The lowest BCUT2D eigenvalue weighted by Crippen LogP contribution is -2.52. The van der Waals surface area contributed by atoms with E-state index in [1.165, 1.54) is 4.57 Å². The maximum absolute atomic E-state index is 12.9. The van der Waals surface area contributed by atoms with Gasteiger partial charge in [0.1, 0.15) is 12.1 Å². The minimum absolute atomic E-state index is 0.150. The fourth-order valence-corrected chi connectivity index (χ4v) is 5.63. The Balaban J connectivity index is 1.16. The summed E-state index contributed by atoms with van der Waals surface area (Å²) in [6.07, 6.45) is 5.12. The third-order valence-electron chi connectivity index (χ3n) is 7.75. The highest BCUT2D eigenvalue weighted by Crippen LogP contribution is 2.24. The van der Waals surface area contributed by atoms with Crippen molar-refractivity contribution in [1.29, 1.82) is 0 Å². The van der Waals surface area contributed by atoms with Gasteiger partial charge >= 0.3 is 5.69 Å². The van der Waals surface area contributed by atoms with E-state index in [0.29, 0.717) is 18.5 Å². The Labute approximate surface area is 210 Å². The third kappa shape index (κ3) is 4.97. The molecule has 4 heterocycles. The van der Waals surface area contributed by atoms with E-state index in [-0.39, 0.29) is 30.0 Å². The molecule has 1 aromatic carbocycles. The number of hydrogen-bond donors (Lipinski definition) is 1. The summed E-state index contributed by atoms with van der Waals surface area (Å²) in [5.41, 5.74) is 2.40. The van der Waals surface area contributed by atoms with E-state index < -0.39 is 11.9 Å². The van der Waals surface area contributed by atoms with Crippen molar-refractivity contribution >= 4 is 28.8 Å². The van der Waals surface area contributed by atoms with Gasteiger partial charge in [0.25, 0.3) is 5.91 Å². The highest BCUT2D eigenvalue weighted by Gasteiger charge is 2.31. The number of nitrogens with one attached hydrogen (secondary N) is 1. The highest BCUT2D eigenvalue weighted by molar-refractivity contribution is 6.00. The quantitative estimate of drug-likeness (QED) is 0.596. The minimum atomic E-state index is -0.667. The SMILES string of the molecule is Cn1c(=O)n(C2CCC(=O)NC2=O)c2ccc(CCCN3CCN(C(=O)C4CCCCO4)CC3)cc21. The molecule has 0 aliphatic carbocycles. The van der Waals surface area contributed by atoms with Crippen LogP contribution in [0.2, 0.25) is 0 Å². The summed E-state index contributed by atoms with van der Waals surface area (Å²) in [6.45, 7) is 4.90. The topological polar surface area (TPSA) is 106 Å².